The Morgan fingerprint density at radius 3 is 2.18 bits per heavy atom. The Kier molecular flexibility index (Phi) is 2.90. The van der Waals surface area contributed by atoms with Crippen LogP contribution in [0.1, 0.15) is 27.2 Å². The smallest absolute Gasteiger partial charge is 0.111 e. The third-order valence-corrected chi connectivity index (χ3v) is 2.90. The van der Waals surface area contributed by atoms with Gasteiger partial charge in [0.05, 0.1) is 6.10 Å². The van der Waals surface area contributed by atoms with Crippen molar-refractivity contribution in [2.45, 2.75) is 39.5 Å². The molecule has 0 aromatic rings. The van der Waals surface area contributed by atoms with E-state index in [1.807, 2.05) is 7.05 Å². The van der Waals surface area contributed by atoms with E-state index in [9.17, 15) is 0 Å². The van der Waals surface area contributed by atoms with Gasteiger partial charge in [0.25, 0.3) is 0 Å². The first-order valence-electron chi connectivity index (χ1n) is 4.53. The van der Waals surface area contributed by atoms with Gasteiger partial charge in [-0.2, -0.15) is 0 Å². The molecule has 4 unspecified atom stereocenters. The van der Waals surface area contributed by atoms with Crippen LogP contribution in [0.15, 0.2) is 0 Å². The summed E-state index contributed by atoms with van der Waals surface area (Å²) in [5, 5.41) is 3.19. The van der Waals surface area contributed by atoms with Gasteiger partial charge in [-0.15, -0.1) is 0 Å². The maximum Gasteiger partial charge on any atom is 0.111 e. The average Bonchev–Trinajstić information content (AvgIpc) is 2.30. The minimum Gasteiger partial charge on any atom is -0.360 e. The summed E-state index contributed by atoms with van der Waals surface area (Å²) >= 11 is 0. The second-order valence-electron chi connectivity index (χ2n) is 3.51. The molecule has 11 heavy (non-hydrogen) atoms. The van der Waals surface area contributed by atoms with Gasteiger partial charge in [0.1, 0.15) is 6.23 Å². The Bertz CT molecular complexity index is 109. The molecule has 1 aliphatic heterocycles. The molecule has 1 rings (SSSR count). The van der Waals surface area contributed by atoms with Gasteiger partial charge >= 0.3 is 0 Å². The van der Waals surface area contributed by atoms with E-state index >= 15 is 0 Å². The number of rotatable bonds is 2. The highest BCUT2D eigenvalue weighted by atomic mass is 16.5. The van der Waals surface area contributed by atoms with Crippen LogP contribution < -0.4 is 5.32 Å². The highest BCUT2D eigenvalue weighted by molar-refractivity contribution is 4.82. The highest BCUT2D eigenvalue weighted by Crippen LogP contribution is 2.31. The Morgan fingerprint density at radius 2 is 1.91 bits per heavy atom. The van der Waals surface area contributed by atoms with Crippen LogP contribution in [0.4, 0.5) is 0 Å². The largest absolute Gasteiger partial charge is 0.360 e. The molecule has 0 saturated carbocycles. The lowest BCUT2D eigenvalue weighted by molar-refractivity contribution is 0.0145. The first kappa shape index (κ1) is 9.01. The van der Waals surface area contributed by atoms with Crippen molar-refractivity contribution in [2.75, 3.05) is 7.05 Å². The van der Waals surface area contributed by atoms with Crippen LogP contribution in [-0.4, -0.2) is 19.4 Å². The molecule has 0 bridgehead atoms. The van der Waals surface area contributed by atoms with E-state index in [0.717, 1.165) is 6.42 Å². The SMILES string of the molecule is CCC1OC(NC)C(C)C1C. The van der Waals surface area contributed by atoms with Gasteiger partial charge in [-0.1, -0.05) is 20.8 Å². The molecule has 1 N–H and O–H groups in total. The first-order chi connectivity index (χ1) is 5.20. The van der Waals surface area contributed by atoms with E-state index in [1.54, 1.807) is 0 Å². The van der Waals surface area contributed by atoms with E-state index < -0.39 is 0 Å². The summed E-state index contributed by atoms with van der Waals surface area (Å²) in [5.41, 5.74) is 0. The lowest BCUT2D eigenvalue weighted by Gasteiger charge is -2.14. The van der Waals surface area contributed by atoms with Crippen molar-refractivity contribution in [3.8, 4) is 0 Å². The summed E-state index contributed by atoms with van der Waals surface area (Å²) in [6.07, 6.45) is 1.86. The van der Waals surface area contributed by atoms with Gasteiger partial charge in [-0.3, -0.25) is 5.32 Å². The molecule has 1 saturated heterocycles. The number of hydrogen-bond acceptors (Lipinski definition) is 2. The van der Waals surface area contributed by atoms with Crippen molar-refractivity contribution < 1.29 is 4.74 Å². The lowest BCUT2D eigenvalue weighted by Crippen LogP contribution is -2.30. The van der Waals surface area contributed by atoms with Crippen LogP contribution in [0.5, 0.6) is 0 Å². The predicted octanol–water partition coefficient (Wildman–Crippen LogP) is 1.61. The molecule has 66 valence electrons. The maximum atomic E-state index is 5.77. The molecule has 1 heterocycles. The number of hydrogen-bond donors (Lipinski definition) is 1. The van der Waals surface area contributed by atoms with Gasteiger partial charge in [-0.05, 0) is 19.4 Å². The standard InChI is InChI=1S/C9H19NO/c1-5-8-6(2)7(3)9(10-4)11-8/h6-10H,5H2,1-4H3. The van der Waals surface area contributed by atoms with Crippen molar-refractivity contribution >= 4 is 0 Å². The van der Waals surface area contributed by atoms with Gasteiger partial charge in [-0.25, -0.2) is 0 Å². The van der Waals surface area contributed by atoms with E-state index in [-0.39, 0.29) is 6.23 Å². The van der Waals surface area contributed by atoms with Crippen molar-refractivity contribution in [2.24, 2.45) is 11.8 Å². The number of ether oxygens (including phenoxy) is 1. The van der Waals surface area contributed by atoms with Crippen molar-refractivity contribution in [3.05, 3.63) is 0 Å². The fourth-order valence-corrected chi connectivity index (χ4v) is 1.85. The lowest BCUT2D eigenvalue weighted by atomic mass is 9.92. The molecule has 0 spiro atoms. The quantitative estimate of drug-likeness (QED) is 0.657. The zero-order valence-corrected chi connectivity index (χ0v) is 7.92. The van der Waals surface area contributed by atoms with Gasteiger partial charge < -0.3 is 4.74 Å². The Balaban J connectivity index is 2.53. The van der Waals surface area contributed by atoms with Crippen LogP contribution in [0.3, 0.4) is 0 Å². The fraction of sp³-hybridized carbons (Fsp3) is 1.00. The van der Waals surface area contributed by atoms with Crippen LogP contribution >= 0.6 is 0 Å². The van der Waals surface area contributed by atoms with Gasteiger partial charge in [0.15, 0.2) is 0 Å². The van der Waals surface area contributed by atoms with Crippen LogP contribution in [0.2, 0.25) is 0 Å². The van der Waals surface area contributed by atoms with E-state index in [4.69, 9.17) is 4.74 Å². The average molecular weight is 157 g/mol. The summed E-state index contributed by atoms with van der Waals surface area (Å²) in [7, 11) is 1.96. The molecule has 2 nitrogen and oxygen atoms in total. The topological polar surface area (TPSA) is 21.3 Å². The van der Waals surface area contributed by atoms with Gasteiger partial charge in [0, 0.05) is 5.92 Å². The third kappa shape index (κ3) is 1.57. The molecule has 1 fully saturated rings. The summed E-state index contributed by atoms with van der Waals surface area (Å²) < 4.78 is 5.77. The van der Waals surface area contributed by atoms with Crippen molar-refractivity contribution in [3.63, 3.8) is 0 Å². The monoisotopic (exact) mass is 157 g/mol. The molecular formula is C9H19NO. The third-order valence-electron chi connectivity index (χ3n) is 2.90. The minimum atomic E-state index is 0.273. The summed E-state index contributed by atoms with van der Waals surface area (Å²) in [4.78, 5) is 0. The molecule has 1 aliphatic rings. The maximum absolute atomic E-state index is 5.77. The predicted molar refractivity (Wildman–Crippen MR) is 46.3 cm³/mol. The molecule has 0 aromatic heterocycles. The van der Waals surface area contributed by atoms with Crippen molar-refractivity contribution in [1.29, 1.82) is 0 Å². The Hall–Kier alpha value is -0.0800. The molecular weight excluding hydrogens is 138 g/mol. The van der Waals surface area contributed by atoms with Gasteiger partial charge in [0.2, 0.25) is 0 Å². The fourth-order valence-electron chi connectivity index (χ4n) is 1.85. The molecule has 4 atom stereocenters. The second kappa shape index (κ2) is 3.55. The van der Waals surface area contributed by atoms with E-state index in [1.165, 1.54) is 0 Å². The molecule has 0 radical (unpaired) electrons. The molecule has 0 amide bonds. The second-order valence-corrected chi connectivity index (χ2v) is 3.51. The highest BCUT2D eigenvalue weighted by Gasteiger charge is 2.36. The van der Waals surface area contributed by atoms with Crippen LogP contribution in [0.25, 0.3) is 0 Å². The van der Waals surface area contributed by atoms with Crippen molar-refractivity contribution in [1.82, 2.24) is 5.32 Å². The van der Waals surface area contributed by atoms with Crippen LogP contribution in [-0.2, 0) is 4.74 Å². The molecule has 0 aromatic carbocycles. The van der Waals surface area contributed by atoms with E-state index in [2.05, 4.69) is 26.1 Å². The summed E-state index contributed by atoms with van der Waals surface area (Å²) in [6.45, 7) is 6.71. The summed E-state index contributed by atoms with van der Waals surface area (Å²) in [6, 6.07) is 0. The zero-order chi connectivity index (χ0) is 8.43. The minimum absolute atomic E-state index is 0.273. The number of nitrogens with one attached hydrogen (secondary N) is 1. The zero-order valence-electron chi connectivity index (χ0n) is 7.92. The Morgan fingerprint density at radius 1 is 1.27 bits per heavy atom. The summed E-state index contributed by atoms with van der Waals surface area (Å²) in [5.74, 6) is 1.34. The molecule has 2 heteroatoms. The van der Waals surface area contributed by atoms with Crippen LogP contribution in [0, 0.1) is 11.8 Å². The normalized spacial score (nSPS) is 44.7. The molecule has 0 aliphatic carbocycles. The Labute approximate surface area is 69.3 Å². The van der Waals surface area contributed by atoms with E-state index in [0.29, 0.717) is 17.9 Å². The first-order valence-corrected chi connectivity index (χ1v) is 4.53.